The van der Waals surface area contributed by atoms with Crippen LogP contribution in [0.25, 0.3) is 22.3 Å². The van der Waals surface area contributed by atoms with Crippen molar-refractivity contribution in [3.8, 4) is 17.0 Å². The molecule has 1 saturated heterocycles. The number of rotatable bonds is 5. The molecular weight excluding hydrogens is 557 g/mol. The summed E-state index contributed by atoms with van der Waals surface area (Å²) >= 11 is 0. The number of phenols is 1. The highest BCUT2D eigenvalue weighted by atomic mass is 32.2. The van der Waals surface area contributed by atoms with Crippen LogP contribution >= 0.6 is 0 Å². The van der Waals surface area contributed by atoms with E-state index in [1.54, 1.807) is 6.07 Å². The maximum atomic E-state index is 14.8. The fourth-order valence-electron chi connectivity index (χ4n) is 5.03. The zero-order valence-electron chi connectivity index (χ0n) is 21.3. The number of aryl methyl sites for hydroxylation is 1. The third-order valence-corrected chi connectivity index (χ3v) is 8.24. The van der Waals surface area contributed by atoms with Crippen molar-refractivity contribution in [2.24, 2.45) is 7.05 Å². The lowest BCUT2D eigenvalue weighted by molar-refractivity contribution is -0.140. The largest absolute Gasteiger partial charge is 0.503 e. The van der Waals surface area contributed by atoms with Gasteiger partial charge in [-0.05, 0) is 30.2 Å². The van der Waals surface area contributed by atoms with Gasteiger partial charge in [0.05, 0.1) is 11.8 Å². The Hall–Kier alpha value is -3.78. The summed E-state index contributed by atoms with van der Waals surface area (Å²) in [6.45, 7) is 0.866. The van der Waals surface area contributed by atoms with Gasteiger partial charge in [-0.15, -0.1) is 0 Å². The molecule has 2 aromatic carbocycles. The molecule has 1 N–H and O–H groups in total. The van der Waals surface area contributed by atoms with Crippen LogP contribution in [-0.4, -0.2) is 64.5 Å². The number of phenolic OH excluding ortho intramolecular Hbond substituents is 1. The Morgan fingerprint density at radius 3 is 2.40 bits per heavy atom. The Morgan fingerprint density at radius 2 is 1.75 bits per heavy atom. The molecule has 212 valence electrons. The van der Waals surface area contributed by atoms with E-state index in [9.17, 15) is 35.5 Å². The van der Waals surface area contributed by atoms with Gasteiger partial charge in [-0.3, -0.25) is 0 Å². The van der Waals surface area contributed by atoms with E-state index >= 15 is 0 Å². The quantitative estimate of drug-likeness (QED) is 0.353. The second-order valence-electron chi connectivity index (χ2n) is 9.62. The Kier molecular flexibility index (Phi) is 6.94. The molecule has 0 spiro atoms. The summed E-state index contributed by atoms with van der Waals surface area (Å²) in [6.07, 6.45) is -3.54. The molecule has 1 atom stereocenters. The van der Waals surface area contributed by atoms with Gasteiger partial charge in [0, 0.05) is 43.7 Å². The van der Waals surface area contributed by atoms with Crippen LogP contribution in [-0.2, 0) is 29.7 Å². The van der Waals surface area contributed by atoms with Crippen LogP contribution < -0.4 is 4.90 Å². The molecule has 1 aliphatic heterocycles. The summed E-state index contributed by atoms with van der Waals surface area (Å²) in [4.78, 5) is 6.49. The number of piperazine rings is 1. The average Bonchev–Trinajstić information content (AvgIpc) is 3.22. The van der Waals surface area contributed by atoms with Crippen molar-refractivity contribution in [2.45, 2.75) is 18.6 Å². The van der Waals surface area contributed by atoms with Crippen LogP contribution in [0.15, 0.2) is 48.5 Å². The molecule has 1 aliphatic rings. The molecule has 14 heteroatoms. The Morgan fingerprint density at radius 1 is 1.05 bits per heavy atom. The first kappa shape index (κ1) is 27.8. The van der Waals surface area contributed by atoms with E-state index in [-0.39, 0.29) is 35.4 Å². The number of sulfonamides is 1. The van der Waals surface area contributed by atoms with Crippen LogP contribution in [0.3, 0.4) is 0 Å². The Bertz CT molecular complexity index is 1690. The molecule has 4 aromatic rings. The number of benzene rings is 2. The van der Waals surface area contributed by atoms with Gasteiger partial charge >= 0.3 is 6.18 Å². The third-order valence-electron chi connectivity index (χ3n) is 6.90. The van der Waals surface area contributed by atoms with Crippen molar-refractivity contribution in [1.82, 2.24) is 19.1 Å². The molecular formula is C26H24F5N5O3S. The SMILES string of the molecule is Cn1nc(-c2cc(C(F)(F)F)c(F)c(O)c2F)c2ccc(N3CCN(S(C)(=O)=O)[C@@H](Cc4ccccc4)C3)nc21. The van der Waals surface area contributed by atoms with E-state index in [1.165, 1.54) is 28.4 Å². The zero-order chi connectivity index (χ0) is 29.0. The van der Waals surface area contributed by atoms with Gasteiger partial charge in [0.2, 0.25) is 10.0 Å². The highest BCUT2D eigenvalue weighted by Crippen LogP contribution is 2.41. The lowest BCUT2D eigenvalue weighted by Crippen LogP contribution is -2.56. The maximum Gasteiger partial charge on any atom is 0.419 e. The van der Waals surface area contributed by atoms with Crippen LogP contribution in [0.2, 0.25) is 0 Å². The smallest absolute Gasteiger partial charge is 0.419 e. The molecule has 2 aromatic heterocycles. The Balaban J connectivity index is 1.52. The van der Waals surface area contributed by atoms with Crippen LogP contribution in [0, 0.1) is 11.6 Å². The minimum Gasteiger partial charge on any atom is -0.503 e. The lowest BCUT2D eigenvalue weighted by Gasteiger charge is -2.40. The number of pyridine rings is 1. The topological polar surface area (TPSA) is 91.6 Å². The molecule has 40 heavy (non-hydrogen) atoms. The molecule has 0 aliphatic carbocycles. The van der Waals surface area contributed by atoms with Crippen LogP contribution in [0.4, 0.5) is 27.8 Å². The van der Waals surface area contributed by atoms with Crippen molar-refractivity contribution in [2.75, 3.05) is 30.8 Å². The van der Waals surface area contributed by atoms with Gasteiger partial charge in [-0.1, -0.05) is 30.3 Å². The molecule has 3 heterocycles. The zero-order valence-corrected chi connectivity index (χ0v) is 22.1. The van der Waals surface area contributed by atoms with E-state index in [2.05, 4.69) is 10.1 Å². The third kappa shape index (κ3) is 5.08. The minimum atomic E-state index is -5.18. The van der Waals surface area contributed by atoms with Gasteiger partial charge in [0.1, 0.15) is 11.5 Å². The molecule has 0 bridgehead atoms. The van der Waals surface area contributed by atoms with E-state index in [0.29, 0.717) is 25.3 Å². The summed E-state index contributed by atoms with van der Waals surface area (Å²) < 4.78 is 96.5. The maximum absolute atomic E-state index is 14.8. The van der Waals surface area contributed by atoms with Crippen LogP contribution in [0.1, 0.15) is 11.1 Å². The van der Waals surface area contributed by atoms with Gasteiger partial charge in [0.15, 0.2) is 23.0 Å². The molecule has 0 amide bonds. The number of fused-ring (bicyclic) bond motifs is 1. The predicted molar refractivity (Wildman–Crippen MR) is 138 cm³/mol. The van der Waals surface area contributed by atoms with E-state index < -0.39 is 44.7 Å². The Labute approximate surface area is 226 Å². The first-order chi connectivity index (χ1) is 18.8. The highest BCUT2D eigenvalue weighted by Gasteiger charge is 2.38. The number of hydrogen-bond donors (Lipinski definition) is 1. The molecule has 8 nitrogen and oxygen atoms in total. The van der Waals surface area contributed by atoms with Gasteiger partial charge < -0.3 is 10.0 Å². The predicted octanol–water partition coefficient (Wildman–Crippen LogP) is 4.33. The van der Waals surface area contributed by atoms with Gasteiger partial charge in [0.25, 0.3) is 0 Å². The molecule has 0 saturated carbocycles. The summed E-state index contributed by atoms with van der Waals surface area (Å²) in [5.74, 6) is -4.96. The molecule has 0 radical (unpaired) electrons. The number of alkyl halides is 3. The van der Waals surface area contributed by atoms with Crippen molar-refractivity contribution >= 4 is 26.9 Å². The number of aromatic nitrogens is 3. The van der Waals surface area contributed by atoms with Crippen molar-refractivity contribution in [3.05, 3.63) is 71.3 Å². The first-order valence-corrected chi connectivity index (χ1v) is 14.0. The monoisotopic (exact) mass is 581 g/mol. The van der Waals surface area contributed by atoms with E-state index in [0.717, 1.165) is 5.56 Å². The number of aromatic hydroxyl groups is 1. The lowest BCUT2D eigenvalue weighted by atomic mass is 10.0. The number of anilines is 1. The standard InChI is InChI=1S/C26H24F5N5O3S/c1-34-25-17(23(33-34)18-13-19(26(29,30)31)22(28)24(37)21(18)27)8-9-20(32-25)35-10-11-36(40(2,38)39)16(14-35)12-15-6-4-3-5-7-15/h3-9,13,16,37H,10-12,14H2,1-2H3/t16-/m0/s1. The first-order valence-electron chi connectivity index (χ1n) is 12.1. The van der Waals surface area contributed by atoms with Crippen molar-refractivity contribution in [1.29, 1.82) is 0 Å². The van der Waals surface area contributed by atoms with Crippen molar-refractivity contribution < 1.29 is 35.5 Å². The molecule has 5 rings (SSSR count). The summed E-state index contributed by atoms with van der Waals surface area (Å²) in [7, 11) is -2.02. The van der Waals surface area contributed by atoms with Crippen LogP contribution in [0.5, 0.6) is 5.75 Å². The minimum absolute atomic E-state index is 0.180. The molecule has 1 fully saturated rings. The number of hydrogen-bond acceptors (Lipinski definition) is 6. The normalized spacial score (nSPS) is 17.1. The summed E-state index contributed by atoms with van der Waals surface area (Å²) in [6, 6.07) is 12.4. The fourth-order valence-corrected chi connectivity index (χ4v) is 6.13. The van der Waals surface area contributed by atoms with E-state index in [4.69, 9.17) is 0 Å². The number of nitrogens with zero attached hydrogens (tertiary/aromatic N) is 5. The van der Waals surface area contributed by atoms with Gasteiger partial charge in [-0.25, -0.2) is 26.9 Å². The number of halogens is 5. The second kappa shape index (κ2) is 10.0. The fraction of sp³-hybridized carbons (Fsp3) is 0.308. The second-order valence-corrected chi connectivity index (χ2v) is 11.6. The van der Waals surface area contributed by atoms with E-state index in [1.807, 2.05) is 35.2 Å². The van der Waals surface area contributed by atoms with Gasteiger partial charge in [-0.2, -0.15) is 22.6 Å². The summed E-state index contributed by atoms with van der Waals surface area (Å²) in [5.41, 5.74) is -1.63. The summed E-state index contributed by atoms with van der Waals surface area (Å²) in [5, 5.41) is 14.0. The highest BCUT2D eigenvalue weighted by molar-refractivity contribution is 7.88. The van der Waals surface area contributed by atoms with Crippen molar-refractivity contribution in [3.63, 3.8) is 0 Å². The molecule has 0 unspecified atom stereocenters. The average molecular weight is 582 g/mol.